The van der Waals surface area contributed by atoms with E-state index in [1.807, 2.05) is 0 Å². The second-order valence-electron chi connectivity index (χ2n) is 5.33. The molecule has 1 aromatic heterocycles. The van der Waals surface area contributed by atoms with Gasteiger partial charge in [-0.2, -0.15) is 13.2 Å². The lowest BCUT2D eigenvalue weighted by Crippen LogP contribution is -2.23. The van der Waals surface area contributed by atoms with Crippen LogP contribution in [0.15, 0.2) is 29.6 Å². The first-order valence-corrected chi connectivity index (χ1v) is 8.19. The summed E-state index contributed by atoms with van der Waals surface area (Å²) in [6, 6.07) is 4.63. The summed E-state index contributed by atoms with van der Waals surface area (Å²) in [6.45, 7) is 0.228. The SMILES string of the molecule is O=C(Cc1csc(-c2ccc(C(F)(F)F)cc2)n1)O[C@H]1CCOC1=O. The molecule has 0 bridgehead atoms. The van der Waals surface area contributed by atoms with Gasteiger partial charge in [-0.15, -0.1) is 11.3 Å². The third-order valence-corrected chi connectivity index (χ3v) is 4.44. The highest BCUT2D eigenvalue weighted by Gasteiger charge is 2.31. The Morgan fingerprint density at radius 3 is 2.64 bits per heavy atom. The third kappa shape index (κ3) is 4.16. The van der Waals surface area contributed by atoms with Gasteiger partial charge in [0.05, 0.1) is 24.3 Å². The van der Waals surface area contributed by atoms with Crippen molar-refractivity contribution in [3.63, 3.8) is 0 Å². The van der Waals surface area contributed by atoms with Crippen LogP contribution in [0.25, 0.3) is 10.6 Å². The molecule has 132 valence electrons. The number of carbonyl (C=O) groups is 2. The number of ether oxygens (including phenoxy) is 2. The van der Waals surface area contributed by atoms with Crippen LogP contribution in [0, 0.1) is 0 Å². The summed E-state index contributed by atoms with van der Waals surface area (Å²) < 4.78 is 47.4. The van der Waals surface area contributed by atoms with Gasteiger partial charge in [0.25, 0.3) is 0 Å². The summed E-state index contributed by atoms with van der Waals surface area (Å²) in [5.74, 6) is -1.16. The molecule has 1 aromatic carbocycles. The highest BCUT2D eigenvalue weighted by atomic mass is 32.1. The van der Waals surface area contributed by atoms with Crippen molar-refractivity contribution in [2.24, 2.45) is 0 Å². The molecule has 1 aliphatic heterocycles. The lowest BCUT2D eigenvalue weighted by Gasteiger charge is -2.07. The number of carbonyl (C=O) groups excluding carboxylic acids is 2. The lowest BCUT2D eigenvalue weighted by atomic mass is 10.1. The van der Waals surface area contributed by atoms with Crippen LogP contribution in [0.4, 0.5) is 13.2 Å². The number of aromatic nitrogens is 1. The third-order valence-electron chi connectivity index (χ3n) is 3.50. The number of benzene rings is 1. The molecule has 2 heterocycles. The van der Waals surface area contributed by atoms with Gasteiger partial charge in [-0.1, -0.05) is 12.1 Å². The predicted octanol–water partition coefficient (Wildman–Crippen LogP) is 3.23. The van der Waals surface area contributed by atoms with Crippen LogP contribution in [-0.4, -0.2) is 29.6 Å². The lowest BCUT2D eigenvalue weighted by molar-refractivity contribution is -0.159. The van der Waals surface area contributed by atoms with E-state index in [0.717, 1.165) is 12.1 Å². The second kappa shape index (κ2) is 6.83. The fourth-order valence-electron chi connectivity index (χ4n) is 2.26. The van der Waals surface area contributed by atoms with Gasteiger partial charge < -0.3 is 9.47 Å². The maximum absolute atomic E-state index is 12.6. The molecule has 0 saturated carbocycles. The van der Waals surface area contributed by atoms with Crippen LogP contribution in [0.5, 0.6) is 0 Å². The van der Waals surface area contributed by atoms with Crippen molar-refractivity contribution < 1.29 is 32.2 Å². The van der Waals surface area contributed by atoms with E-state index < -0.39 is 29.8 Å². The molecule has 0 aliphatic carbocycles. The Morgan fingerprint density at radius 2 is 2.04 bits per heavy atom. The van der Waals surface area contributed by atoms with Gasteiger partial charge in [0.15, 0.2) is 0 Å². The average molecular weight is 371 g/mol. The summed E-state index contributed by atoms with van der Waals surface area (Å²) in [4.78, 5) is 27.3. The Labute approximate surface area is 144 Å². The van der Waals surface area contributed by atoms with Crippen molar-refractivity contribution in [1.82, 2.24) is 4.98 Å². The van der Waals surface area contributed by atoms with Crippen molar-refractivity contribution in [1.29, 1.82) is 0 Å². The van der Waals surface area contributed by atoms with Crippen molar-refractivity contribution in [3.05, 3.63) is 40.9 Å². The number of hydrogen-bond donors (Lipinski definition) is 0. The van der Waals surface area contributed by atoms with E-state index in [1.54, 1.807) is 5.38 Å². The first kappa shape index (κ1) is 17.4. The van der Waals surface area contributed by atoms with E-state index in [2.05, 4.69) is 4.98 Å². The minimum absolute atomic E-state index is 0.124. The zero-order chi connectivity index (χ0) is 18.0. The normalized spacial score (nSPS) is 17.4. The molecule has 2 aromatic rings. The number of cyclic esters (lactones) is 1. The van der Waals surface area contributed by atoms with E-state index in [9.17, 15) is 22.8 Å². The van der Waals surface area contributed by atoms with Crippen molar-refractivity contribution >= 4 is 23.3 Å². The molecule has 1 aliphatic rings. The first-order chi connectivity index (χ1) is 11.8. The zero-order valence-corrected chi connectivity index (χ0v) is 13.5. The van der Waals surface area contributed by atoms with Gasteiger partial charge in [0.2, 0.25) is 6.10 Å². The van der Waals surface area contributed by atoms with E-state index in [4.69, 9.17) is 9.47 Å². The smallest absolute Gasteiger partial charge is 0.416 e. The van der Waals surface area contributed by atoms with Crippen LogP contribution < -0.4 is 0 Å². The number of thiazole rings is 1. The summed E-state index contributed by atoms with van der Waals surface area (Å²) in [6.07, 6.45) is -5.06. The molecule has 9 heteroatoms. The molecule has 0 radical (unpaired) electrons. The molecule has 5 nitrogen and oxygen atoms in total. The van der Waals surface area contributed by atoms with Crippen LogP contribution >= 0.6 is 11.3 Å². The second-order valence-corrected chi connectivity index (χ2v) is 6.19. The highest BCUT2D eigenvalue weighted by Crippen LogP contribution is 2.31. The van der Waals surface area contributed by atoms with Crippen molar-refractivity contribution in [2.45, 2.75) is 25.1 Å². The highest BCUT2D eigenvalue weighted by molar-refractivity contribution is 7.13. The Morgan fingerprint density at radius 1 is 1.32 bits per heavy atom. The maximum Gasteiger partial charge on any atom is 0.416 e. The van der Waals surface area contributed by atoms with Gasteiger partial charge in [-0.25, -0.2) is 9.78 Å². The summed E-state index contributed by atoms with van der Waals surface area (Å²) in [5, 5.41) is 2.12. The largest absolute Gasteiger partial charge is 0.463 e. The Kier molecular flexibility index (Phi) is 4.76. The minimum atomic E-state index is -4.39. The average Bonchev–Trinajstić information content (AvgIpc) is 3.16. The van der Waals surface area contributed by atoms with Gasteiger partial charge >= 0.3 is 18.1 Å². The number of alkyl halides is 3. The number of halogens is 3. The number of nitrogens with zero attached hydrogens (tertiary/aromatic N) is 1. The van der Waals surface area contributed by atoms with Gasteiger partial charge in [-0.3, -0.25) is 4.79 Å². The quantitative estimate of drug-likeness (QED) is 0.772. The molecule has 0 amide bonds. The molecular weight excluding hydrogens is 359 g/mol. The fraction of sp³-hybridized carbons (Fsp3) is 0.312. The van der Waals surface area contributed by atoms with E-state index in [1.165, 1.54) is 23.5 Å². The molecule has 3 rings (SSSR count). The van der Waals surface area contributed by atoms with Crippen molar-refractivity contribution in [2.75, 3.05) is 6.61 Å². The molecule has 0 spiro atoms. The Bertz CT molecular complexity index is 785. The Hall–Kier alpha value is -2.42. The molecule has 1 fully saturated rings. The van der Waals surface area contributed by atoms with Crippen LogP contribution in [0.3, 0.4) is 0 Å². The van der Waals surface area contributed by atoms with E-state index in [-0.39, 0.29) is 13.0 Å². The molecule has 0 N–H and O–H groups in total. The number of esters is 2. The summed E-state index contributed by atoms with van der Waals surface area (Å²) >= 11 is 1.21. The molecule has 0 unspecified atom stereocenters. The topological polar surface area (TPSA) is 65.5 Å². The first-order valence-electron chi connectivity index (χ1n) is 7.31. The summed E-state index contributed by atoms with van der Waals surface area (Å²) in [5.41, 5.74) is 0.216. The standard InChI is InChI=1S/C16H12F3NO4S/c17-16(18,19)10-3-1-9(2-4-10)14-20-11(8-25-14)7-13(21)24-12-5-6-23-15(12)22/h1-4,8,12H,5-7H2/t12-/m0/s1. The van der Waals surface area contributed by atoms with Crippen LogP contribution in [-0.2, 0) is 31.7 Å². The molecule has 25 heavy (non-hydrogen) atoms. The van der Waals surface area contributed by atoms with Crippen molar-refractivity contribution in [3.8, 4) is 10.6 Å². The van der Waals surface area contributed by atoms with Gasteiger partial charge in [-0.05, 0) is 12.1 Å². The number of rotatable bonds is 4. The van der Waals surface area contributed by atoms with Gasteiger partial charge in [0, 0.05) is 17.4 Å². The van der Waals surface area contributed by atoms with Crippen LogP contribution in [0.2, 0.25) is 0 Å². The molecular formula is C16H12F3NO4S. The maximum atomic E-state index is 12.6. The molecule has 1 atom stereocenters. The van der Waals surface area contributed by atoms with Gasteiger partial charge in [0.1, 0.15) is 5.01 Å². The monoisotopic (exact) mass is 371 g/mol. The van der Waals surface area contributed by atoms with Crippen LogP contribution in [0.1, 0.15) is 17.7 Å². The number of hydrogen-bond acceptors (Lipinski definition) is 6. The fourth-order valence-corrected chi connectivity index (χ4v) is 3.08. The van der Waals surface area contributed by atoms with E-state index in [0.29, 0.717) is 22.7 Å². The zero-order valence-electron chi connectivity index (χ0n) is 12.7. The summed E-state index contributed by atoms with van der Waals surface area (Å²) in [7, 11) is 0. The minimum Gasteiger partial charge on any atom is -0.463 e. The predicted molar refractivity (Wildman–Crippen MR) is 81.7 cm³/mol. The molecule has 1 saturated heterocycles. The van der Waals surface area contributed by atoms with E-state index >= 15 is 0 Å². The Balaban J connectivity index is 1.64.